The standard InChI is InChI=1S/C22H27ClN4O4S/c1-25(2)13-14-26(15-17-3-7-19(23)8-4-17)22(29)18-5-9-20(10-6-18)32(30,31)27-12-11-24-21(28)16-27/h3-10H,11-16H2,1-2H3,(H,24,28). The number of rotatable bonds is 8. The molecule has 0 bridgehead atoms. The maximum absolute atomic E-state index is 13.2. The van der Waals surface area contributed by atoms with Crippen LogP contribution in [0.4, 0.5) is 0 Å². The molecule has 1 N–H and O–H groups in total. The third-order valence-electron chi connectivity index (χ3n) is 5.13. The lowest BCUT2D eigenvalue weighted by Gasteiger charge is -2.26. The summed E-state index contributed by atoms with van der Waals surface area (Å²) < 4.78 is 26.8. The molecule has 1 aliphatic rings. The Bertz CT molecular complexity index is 1060. The fourth-order valence-corrected chi connectivity index (χ4v) is 4.83. The van der Waals surface area contributed by atoms with Crippen molar-refractivity contribution in [2.75, 3.05) is 46.8 Å². The number of halogens is 1. The molecule has 8 nitrogen and oxygen atoms in total. The number of hydrogen-bond acceptors (Lipinski definition) is 5. The number of carbonyl (C=O) groups excluding carboxylic acids is 2. The Morgan fingerprint density at radius 1 is 1.06 bits per heavy atom. The van der Waals surface area contributed by atoms with Gasteiger partial charge in [-0.15, -0.1) is 0 Å². The van der Waals surface area contributed by atoms with Gasteiger partial charge in [0.2, 0.25) is 15.9 Å². The van der Waals surface area contributed by atoms with Crippen LogP contribution in [0.2, 0.25) is 5.02 Å². The fraction of sp³-hybridized carbons (Fsp3) is 0.364. The van der Waals surface area contributed by atoms with Crippen molar-refractivity contribution in [3.05, 3.63) is 64.7 Å². The second-order valence-corrected chi connectivity index (χ2v) is 10.2. The molecule has 0 aromatic heterocycles. The van der Waals surface area contributed by atoms with Gasteiger partial charge >= 0.3 is 0 Å². The van der Waals surface area contributed by atoms with E-state index in [-0.39, 0.29) is 36.3 Å². The number of piperazine rings is 1. The normalized spacial score (nSPS) is 14.9. The van der Waals surface area contributed by atoms with Crippen molar-refractivity contribution in [2.45, 2.75) is 11.4 Å². The molecule has 2 amide bonds. The van der Waals surface area contributed by atoms with Gasteiger partial charge in [0, 0.05) is 43.3 Å². The van der Waals surface area contributed by atoms with E-state index in [1.807, 2.05) is 31.1 Å². The Balaban J connectivity index is 1.78. The summed E-state index contributed by atoms with van der Waals surface area (Å²) in [5.41, 5.74) is 1.34. The van der Waals surface area contributed by atoms with E-state index in [0.29, 0.717) is 30.2 Å². The summed E-state index contributed by atoms with van der Waals surface area (Å²) in [6, 6.07) is 13.2. The zero-order chi connectivity index (χ0) is 23.3. The van der Waals surface area contributed by atoms with Crippen LogP contribution in [0.5, 0.6) is 0 Å². The van der Waals surface area contributed by atoms with E-state index in [9.17, 15) is 18.0 Å². The summed E-state index contributed by atoms with van der Waals surface area (Å²) in [5.74, 6) is -0.520. The van der Waals surface area contributed by atoms with Crippen molar-refractivity contribution in [3.63, 3.8) is 0 Å². The number of nitrogens with one attached hydrogen (secondary N) is 1. The minimum atomic E-state index is -3.80. The molecular formula is C22H27ClN4O4S. The van der Waals surface area contributed by atoms with Crippen LogP contribution in [-0.4, -0.2) is 81.2 Å². The third kappa shape index (κ3) is 6.07. The summed E-state index contributed by atoms with van der Waals surface area (Å²) in [6.07, 6.45) is 0. The Hall–Kier alpha value is -2.46. The van der Waals surface area contributed by atoms with E-state index in [1.165, 1.54) is 24.3 Å². The van der Waals surface area contributed by atoms with Crippen LogP contribution in [0, 0.1) is 0 Å². The summed E-state index contributed by atoms with van der Waals surface area (Å²) in [4.78, 5) is 28.5. The molecule has 1 fully saturated rings. The quantitative estimate of drug-likeness (QED) is 0.623. The topological polar surface area (TPSA) is 90.0 Å². The molecule has 0 aliphatic carbocycles. The van der Waals surface area contributed by atoms with Gasteiger partial charge in [-0.3, -0.25) is 9.59 Å². The summed E-state index contributed by atoms with van der Waals surface area (Å²) in [7, 11) is 0.0686. The van der Waals surface area contributed by atoms with Crippen molar-refractivity contribution < 1.29 is 18.0 Å². The minimum Gasteiger partial charge on any atom is -0.354 e. The predicted octanol–water partition coefficient (Wildman–Crippen LogP) is 1.66. The van der Waals surface area contributed by atoms with E-state index in [2.05, 4.69) is 5.32 Å². The average molecular weight is 479 g/mol. The molecule has 0 unspecified atom stereocenters. The van der Waals surface area contributed by atoms with Crippen LogP contribution >= 0.6 is 11.6 Å². The first kappa shape index (κ1) is 24.2. The molecule has 0 spiro atoms. The van der Waals surface area contributed by atoms with Crippen LogP contribution in [0.1, 0.15) is 15.9 Å². The zero-order valence-corrected chi connectivity index (χ0v) is 19.7. The highest BCUT2D eigenvalue weighted by Crippen LogP contribution is 2.19. The molecule has 0 saturated carbocycles. The lowest BCUT2D eigenvalue weighted by atomic mass is 10.1. The fourth-order valence-electron chi connectivity index (χ4n) is 3.30. The second kappa shape index (κ2) is 10.4. The average Bonchev–Trinajstić information content (AvgIpc) is 2.77. The number of nitrogens with zero attached hydrogens (tertiary/aromatic N) is 3. The number of carbonyl (C=O) groups is 2. The highest BCUT2D eigenvalue weighted by atomic mass is 35.5. The van der Waals surface area contributed by atoms with Crippen molar-refractivity contribution in [3.8, 4) is 0 Å². The van der Waals surface area contributed by atoms with Crippen LogP contribution < -0.4 is 5.32 Å². The Morgan fingerprint density at radius 3 is 2.31 bits per heavy atom. The van der Waals surface area contributed by atoms with Crippen LogP contribution in [0.15, 0.2) is 53.4 Å². The lowest BCUT2D eigenvalue weighted by Crippen LogP contribution is -2.49. The highest BCUT2D eigenvalue weighted by molar-refractivity contribution is 7.89. The van der Waals surface area contributed by atoms with E-state index in [4.69, 9.17) is 11.6 Å². The largest absolute Gasteiger partial charge is 0.354 e. The molecule has 1 saturated heterocycles. The van der Waals surface area contributed by atoms with Crippen LogP contribution in [0.3, 0.4) is 0 Å². The SMILES string of the molecule is CN(C)CCN(Cc1ccc(Cl)cc1)C(=O)c1ccc(S(=O)(=O)N2CCNC(=O)C2)cc1. The van der Waals surface area contributed by atoms with Crippen LogP contribution in [-0.2, 0) is 21.4 Å². The van der Waals surface area contributed by atoms with E-state index < -0.39 is 10.0 Å². The number of benzene rings is 2. The first-order chi connectivity index (χ1) is 15.2. The number of sulfonamides is 1. The smallest absolute Gasteiger partial charge is 0.254 e. The van der Waals surface area contributed by atoms with Crippen molar-refractivity contribution >= 4 is 33.4 Å². The molecule has 10 heteroatoms. The molecule has 2 aromatic rings. The van der Waals surface area contributed by atoms with Crippen molar-refractivity contribution in [1.29, 1.82) is 0 Å². The maximum atomic E-state index is 13.2. The number of hydrogen-bond donors (Lipinski definition) is 1. The van der Waals surface area contributed by atoms with Crippen molar-refractivity contribution in [2.24, 2.45) is 0 Å². The van der Waals surface area contributed by atoms with Gasteiger partial charge in [0.05, 0.1) is 11.4 Å². The van der Waals surface area contributed by atoms with Crippen LogP contribution in [0.25, 0.3) is 0 Å². The molecule has 172 valence electrons. The second-order valence-electron chi connectivity index (χ2n) is 7.87. The van der Waals surface area contributed by atoms with Gasteiger partial charge in [0.25, 0.3) is 5.91 Å². The van der Waals surface area contributed by atoms with E-state index in [1.54, 1.807) is 17.0 Å². The highest BCUT2D eigenvalue weighted by Gasteiger charge is 2.29. The van der Waals surface area contributed by atoms with E-state index in [0.717, 1.165) is 9.87 Å². The monoisotopic (exact) mass is 478 g/mol. The number of amides is 2. The van der Waals surface area contributed by atoms with Gasteiger partial charge < -0.3 is 15.1 Å². The number of likely N-dealkylation sites (N-methyl/N-ethyl adjacent to an activating group) is 1. The van der Waals surface area contributed by atoms with Gasteiger partial charge in [-0.1, -0.05) is 23.7 Å². The first-order valence-electron chi connectivity index (χ1n) is 10.2. The summed E-state index contributed by atoms with van der Waals surface area (Å²) in [6.45, 7) is 1.89. The molecular weight excluding hydrogens is 452 g/mol. The van der Waals surface area contributed by atoms with Gasteiger partial charge in [0.15, 0.2) is 0 Å². The molecule has 3 rings (SSSR count). The Kier molecular flexibility index (Phi) is 7.89. The molecule has 0 atom stereocenters. The third-order valence-corrected chi connectivity index (χ3v) is 7.24. The van der Waals surface area contributed by atoms with Crippen molar-refractivity contribution in [1.82, 2.24) is 19.4 Å². The summed E-state index contributed by atoms with van der Waals surface area (Å²) >= 11 is 5.96. The van der Waals surface area contributed by atoms with Gasteiger partial charge in [-0.2, -0.15) is 4.31 Å². The minimum absolute atomic E-state index is 0.0568. The van der Waals surface area contributed by atoms with E-state index >= 15 is 0 Å². The van der Waals surface area contributed by atoms with Gasteiger partial charge in [-0.05, 0) is 56.1 Å². The van der Waals surface area contributed by atoms with Gasteiger partial charge in [-0.25, -0.2) is 8.42 Å². The zero-order valence-electron chi connectivity index (χ0n) is 18.1. The maximum Gasteiger partial charge on any atom is 0.254 e. The lowest BCUT2D eigenvalue weighted by molar-refractivity contribution is -0.122. The molecule has 1 aliphatic heterocycles. The molecule has 32 heavy (non-hydrogen) atoms. The Morgan fingerprint density at radius 2 is 1.72 bits per heavy atom. The molecule has 0 radical (unpaired) electrons. The molecule has 2 aromatic carbocycles. The first-order valence-corrected chi connectivity index (χ1v) is 12.0. The Labute approximate surface area is 193 Å². The molecule has 1 heterocycles. The predicted molar refractivity (Wildman–Crippen MR) is 123 cm³/mol. The van der Waals surface area contributed by atoms with Gasteiger partial charge in [0.1, 0.15) is 0 Å². The summed E-state index contributed by atoms with van der Waals surface area (Å²) in [5, 5.41) is 3.24.